The normalized spacial score (nSPS) is 19.7. The molecule has 0 bridgehead atoms. The highest BCUT2D eigenvalue weighted by Crippen LogP contribution is 2.35. The molecule has 2 aromatic carbocycles. The lowest BCUT2D eigenvalue weighted by Gasteiger charge is -2.41. The molecule has 1 aromatic heterocycles. The first-order valence-electron chi connectivity index (χ1n) is 11.9. The Morgan fingerprint density at radius 2 is 1.97 bits per heavy atom. The van der Waals surface area contributed by atoms with E-state index in [4.69, 9.17) is 9.26 Å². The third kappa shape index (κ3) is 5.83. The minimum Gasteiger partial charge on any atom is -0.496 e. The molecule has 8 nitrogen and oxygen atoms in total. The molecule has 1 saturated heterocycles. The van der Waals surface area contributed by atoms with Gasteiger partial charge in [-0.15, -0.1) is 24.8 Å². The number of aryl methyl sites for hydroxylation is 1. The molecule has 10 heteroatoms. The largest absolute Gasteiger partial charge is 0.496 e. The van der Waals surface area contributed by atoms with Crippen molar-refractivity contribution >= 4 is 36.4 Å². The second kappa shape index (κ2) is 12.5. The summed E-state index contributed by atoms with van der Waals surface area (Å²) < 4.78 is 10.7. The van der Waals surface area contributed by atoms with Crippen LogP contribution < -0.4 is 15.0 Å². The van der Waals surface area contributed by atoms with Gasteiger partial charge in [0, 0.05) is 37.3 Å². The quantitative estimate of drug-likeness (QED) is 0.483. The highest BCUT2D eigenvalue weighted by atomic mass is 35.5. The summed E-state index contributed by atoms with van der Waals surface area (Å²) in [7, 11) is 3.56. The summed E-state index contributed by atoms with van der Waals surface area (Å²) >= 11 is 0. The van der Waals surface area contributed by atoms with Gasteiger partial charge in [0.1, 0.15) is 5.75 Å². The third-order valence-corrected chi connectivity index (χ3v) is 7.01. The Morgan fingerprint density at radius 1 is 1.17 bits per heavy atom. The van der Waals surface area contributed by atoms with Gasteiger partial charge in [0.05, 0.1) is 19.7 Å². The van der Waals surface area contributed by atoms with Crippen LogP contribution in [-0.4, -0.2) is 47.7 Å². The summed E-state index contributed by atoms with van der Waals surface area (Å²) in [6, 6.07) is 15.2. The smallest absolute Gasteiger partial charge is 0.227 e. The molecule has 1 fully saturated rings. The molecule has 2 aliphatic heterocycles. The van der Waals surface area contributed by atoms with Gasteiger partial charge >= 0.3 is 0 Å². The van der Waals surface area contributed by atoms with Gasteiger partial charge in [-0.25, -0.2) is 0 Å². The first kappa shape index (κ1) is 27.9. The van der Waals surface area contributed by atoms with Gasteiger partial charge < -0.3 is 19.5 Å². The van der Waals surface area contributed by atoms with Crippen molar-refractivity contribution in [3.8, 4) is 5.75 Å². The summed E-state index contributed by atoms with van der Waals surface area (Å²) in [6.07, 6.45) is 4.83. The summed E-state index contributed by atoms with van der Waals surface area (Å²) in [4.78, 5) is 20.7. The maximum atomic E-state index is 12.3. The number of hydrogen-bond acceptors (Lipinski definition) is 7. The van der Waals surface area contributed by atoms with Crippen LogP contribution in [0.4, 0.5) is 5.69 Å². The first-order chi connectivity index (χ1) is 16.6. The first-order valence-corrected chi connectivity index (χ1v) is 11.9. The Bertz CT molecular complexity index is 1130. The summed E-state index contributed by atoms with van der Waals surface area (Å²) in [5, 5.41) is 7.85. The number of rotatable bonds is 7. The van der Waals surface area contributed by atoms with Gasteiger partial charge in [0.2, 0.25) is 12.3 Å². The number of nitrogens with one attached hydrogen (secondary N) is 1. The molecule has 0 radical (unpaired) electrons. The zero-order chi connectivity index (χ0) is 23.5. The Labute approximate surface area is 224 Å². The molecule has 5 rings (SSSR count). The Hall–Kier alpha value is -2.65. The van der Waals surface area contributed by atoms with Crippen LogP contribution in [0.25, 0.3) is 0 Å². The van der Waals surface area contributed by atoms with Crippen LogP contribution in [0.1, 0.15) is 47.8 Å². The Morgan fingerprint density at radius 3 is 2.69 bits per heavy atom. The fourth-order valence-electron chi connectivity index (χ4n) is 5.27. The fraction of sp³-hybridized carbons (Fsp3) is 0.423. The number of methoxy groups -OCH3 is 1. The molecule has 3 aromatic rings. The molecule has 2 atom stereocenters. The number of benzene rings is 2. The molecule has 2 aliphatic rings. The zero-order valence-electron chi connectivity index (χ0n) is 20.6. The average Bonchev–Trinajstić information content (AvgIpc) is 3.38. The number of nitrogens with zero attached hydrogens (tertiary/aromatic N) is 4. The van der Waals surface area contributed by atoms with Crippen LogP contribution in [0.3, 0.4) is 0 Å². The monoisotopic (exact) mass is 533 g/mol. The van der Waals surface area contributed by atoms with Crippen molar-refractivity contribution in [2.45, 2.75) is 50.9 Å². The van der Waals surface area contributed by atoms with Crippen LogP contribution in [0.5, 0.6) is 5.75 Å². The number of halogens is 2. The van der Waals surface area contributed by atoms with Gasteiger partial charge in [0.15, 0.2) is 5.82 Å². The Kier molecular flexibility index (Phi) is 9.73. The van der Waals surface area contributed by atoms with Crippen LogP contribution in [0, 0.1) is 0 Å². The molecule has 3 heterocycles. The molecule has 1 amide bonds. The minimum atomic E-state index is 0. The lowest BCUT2D eigenvalue weighted by atomic mass is 9.90. The topological polar surface area (TPSA) is 83.7 Å². The number of anilines is 1. The number of hydrogen-bond donors (Lipinski definition) is 1. The van der Waals surface area contributed by atoms with Gasteiger partial charge in [-0.3, -0.25) is 9.69 Å². The Balaban J connectivity index is 0.00000180. The molecule has 194 valence electrons. The molecule has 2 unspecified atom stereocenters. The SMILES string of the molecule is COc1cc2c(cc1CNC1CCCN(Cc3ncon3)C1c1ccccc1)N(C)C(=O)CC2.Cl.Cl. The van der Waals surface area contributed by atoms with Crippen molar-refractivity contribution in [2.75, 3.05) is 25.6 Å². The molecule has 1 N–H and O–H groups in total. The lowest BCUT2D eigenvalue weighted by Crippen LogP contribution is -2.47. The standard InChI is InChI=1S/C26H31N5O3.2ClH/c1-30-22-13-20(23(33-2)14-19(22)10-11-25(30)32)15-27-21-9-6-12-31(16-24-28-17-34-29-24)26(21)18-7-4-3-5-8-18;;/h3-5,7-8,13-14,17,21,26-27H,6,9-12,15-16H2,1-2H3;2*1H. The van der Waals surface area contributed by atoms with E-state index in [-0.39, 0.29) is 42.8 Å². The third-order valence-electron chi connectivity index (χ3n) is 7.01. The van der Waals surface area contributed by atoms with Crippen molar-refractivity contribution in [1.82, 2.24) is 20.4 Å². The number of piperidine rings is 1. The number of aromatic nitrogens is 2. The minimum absolute atomic E-state index is 0. The van der Waals surface area contributed by atoms with Crippen LogP contribution in [0.2, 0.25) is 0 Å². The highest BCUT2D eigenvalue weighted by molar-refractivity contribution is 5.96. The molecule has 0 aliphatic carbocycles. The van der Waals surface area contributed by atoms with Gasteiger partial charge in [-0.1, -0.05) is 35.5 Å². The number of carbonyl (C=O) groups excluding carboxylic acids is 1. The van der Waals surface area contributed by atoms with Crippen LogP contribution in [-0.2, 0) is 24.3 Å². The number of ether oxygens (including phenoxy) is 1. The summed E-state index contributed by atoms with van der Waals surface area (Å²) in [6.45, 7) is 2.27. The van der Waals surface area contributed by atoms with Gasteiger partial charge in [-0.05, 0) is 49.1 Å². The van der Waals surface area contributed by atoms with E-state index in [0.29, 0.717) is 25.3 Å². The van der Waals surface area contributed by atoms with Crippen molar-refractivity contribution in [3.63, 3.8) is 0 Å². The summed E-state index contributed by atoms with van der Waals surface area (Å²) in [5.41, 5.74) is 4.47. The average molecular weight is 534 g/mol. The zero-order valence-corrected chi connectivity index (χ0v) is 22.2. The van der Waals surface area contributed by atoms with Crippen LogP contribution >= 0.6 is 24.8 Å². The van der Waals surface area contributed by atoms with E-state index in [1.807, 2.05) is 13.1 Å². The van der Waals surface area contributed by atoms with E-state index in [9.17, 15) is 4.79 Å². The maximum Gasteiger partial charge on any atom is 0.227 e. The lowest BCUT2D eigenvalue weighted by molar-refractivity contribution is -0.118. The van der Waals surface area contributed by atoms with Crippen molar-refractivity contribution < 1.29 is 14.1 Å². The maximum absolute atomic E-state index is 12.3. The van der Waals surface area contributed by atoms with Crippen molar-refractivity contribution in [1.29, 1.82) is 0 Å². The second-order valence-corrected chi connectivity index (χ2v) is 9.05. The predicted molar refractivity (Wildman–Crippen MR) is 143 cm³/mol. The van der Waals surface area contributed by atoms with E-state index in [2.05, 4.69) is 56.8 Å². The van der Waals surface area contributed by atoms with Crippen molar-refractivity contribution in [2.24, 2.45) is 0 Å². The predicted octanol–water partition coefficient (Wildman–Crippen LogP) is 4.33. The van der Waals surface area contributed by atoms with E-state index >= 15 is 0 Å². The van der Waals surface area contributed by atoms with E-state index in [0.717, 1.165) is 48.4 Å². The van der Waals surface area contributed by atoms with Crippen molar-refractivity contribution in [3.05, 3.63) is 71.4 Å². The highest BCUT2D eigenvalue weighted by Gasteiger charge is 2.33. The van der Waals surface area contributed by atoms with Gasteiger partial charge in [0.25, 0.3) is 0 Å². The van der Waals surface area contributed by atoms with E-state index in [1.54, 1.807) is 12.0 Å². The molecular formula is C26H33Cl2N5O3. The fourth-order valence-corrected chi connectivity index (χ4v) is 5.27. The number of carbonyl (C=O) groups is 1. The van der Waals surface area contributed by atoms with E-state index in [1.165, 1.54) is 12.0 Å². The second-order valence-electron chi connectivity index (χ2n) is 9.05. The molecule has 0 spiro atoms. The number of likely N-dealkylation sites (tertiary alicyclic amines) is 1. The molecular weight excluding hydrogens is 501 g/mol. The van der Waals surface area contributed by atoms with E-state index < -0.39 is 0 Å². The van der Waals surface area contributed by atoms with Gasteiger partial charge in [-0.2, -0.15) is 4.98 Å². The molecule has 36 heavy (non-hydrogen) atoms. The number of fused-ring (bicyclic) bond motifs is 1. The number of amides is 1. The van der Waals surface area contributed by atoms with Crippen LogP contribution in [0.15, 0.2) is 53.4 Å². The molecule has 0 saturated carbocycles. The summed E-state index contributed by atoms with van der Waals surface area (Å²) in [5.74, 6) is 1.72.